The highest BCUT2D eigenvalue weighted by atomic mass is 16.5. The number of carboxylic acids is 1. The summed E-state index contributed by atoms with van der Waals surface area (Å²) in [5.41, 5.74) is 0. The van der Waals surface area contributed by atoms with Gasteiger partial charge in [0.25, 0.3) is 0 Å². The van der Waals surface area contributed by atoms with Gasteiger partial charge in [0, 0.05) is 25.4 Å². The number of unbranched alkanes of at least 4 members (excludes halogenated alkanes) is 12. The maximum Gasteiger partial charge on any atom is 0.305 e. The number of carboxylic acid groups (broad SMARTS) is 1. The molecule has 0 spiro atoms. The molecule has 178 valence electrons. The third-order valence-electron chi connectivity index (χ3n) is 5.65. The SMILES string of the molecule is CCCCCCCC/C=C\CCCCCCCCc1nccn1CCOCCC(=O)O. The Morgan fingerprint density at radius 3 is 2.19 bits per heavy atom. The second kappa shape index (κ2) is 20.3. The summed E-state index contributed by atoms with van der Waals surface area (Å²) >= 11 is 0. The van der Waals surface area contributed by atoms with E-state index in [-0.39, 0.29) is 13.0 Å². The average Bonchev–Trinajstić information content (AvgIpc) is 3.20. The Balaban J connectivity index is 1.91. The third-order valence-corrected chi connectivity index (χ3v) is 5.65. The van der Waals surface area contributed by atoms with Gasteiger partial charge < -0.3 is 14.4 Å². The minimum Gasteiger partial charge on any atom is -0.481 e. The maximum absolute atomic E-state index is 10.5. The monoisotopic (exact) mass is 434 g/mol. The van der Waals surface area contributed by atoms with Crippen molar-refractivity contribution in [1.82, 2.24) is 9.55 Å². The molecule has 5 nitrogen and oxygen atoms in total. The van der Waals surface area contributed by atoms with E-state index in [1.165, 1.54) is 89.9 Å². The minimum atomic E-state index is -0.816. The molecule has 0 aliphatic heterocycles. The lowest BCUT2D eigenvalue weighted by Crippen LogP contribution is -2.11. The first-order valence-electron chi connectivity index (χ1n) is 12.7. The summed E-state index contributed by atoms with van der Waals surface area (Å²) in [6.45, 7) is 3.81. The van der Waals surface area contributed by atoms with Gasteiger partial charge in [-0.15, -0.1) is 0 Å². The highest BCUT2D eigenvalue weighted by Gasteiger charge is 2.03. The van der Waals surface area contributed by atoms with Crippen molar-refractivity contribution in [2.45, 2.75) is 116 Å². The Labute approximate surface area is 190 Å². The predicted molar refractivity (Wildman–Crippen MR) is 128 cm³/mol. The van der Waals surface area contributed by atoms with Gasteiger partial charge in [0.15, 0.2) is 0 Å². The normalized spacial score (nSPS) is 11.5. The molecule has 1 heterocycles. The Kier molecular flexibility index (Phi) is 17.9. The van der Waals surface area contributed by atoms with Gasteiger partial charge in [-0.3, -0.25) is 4.79 Å². The molecule has 0 saturated heterocycles. The zero-order valence-corrected chi connectivity index (χ0v) is 19.9. The van der Waals surface area contributed by atoms with Crippen LogP contribution in [0.5, 0.6) is 0 Å². The second-order valence-corrected chi connectivity index (χ2v) is 8.48. The maximum atomic E-state index is 10.5. The highest BCUT2D eigenvalue weighted by molar-refractivity contribution is 5.66. The molecule has 0 aromatic carbocycles. The number of imidazole rings is 1. The summed E-state index contributed by atoms with van der Waals surface area (Å²) in [5.74, 6) is 0.292. The van der Waals surface area contributed by atoms with Gasteiger partial charge in [-0.05, 0) is 32.1 Å². The Hall–Kier alpha value is -1.62. The van der Waals surface area contributed by atoms with Crippen molar-refractivity contribution in [2.75, 3.05) is 13.2 Å². The standard InChI is InChI=1S/C26H46N2O3/c1-2-3-4-5-6-7-8-9-10-11-12-13-14-15-16-17-18-25-27-20-21-28(25)22-24-31-23-19-26(29)30/h9-10,20-21H,2-8,11-19,22-24H2,1H3,(H,29,30)/b10-9-. The summed E-state index contributed by atoms with van der Waals surface area (Å²) in [4.78, 5) is 14.9. The molecule has 0 radical (unpaired) electrons. The molecule has 0 bridgehead atoms. The molecule has 0 unspecified atom stereocenters. The van der Waals surface area contributed by atoms with Crippen molar-refractivity contribution >= 4 is 5.97 Å². The third kappa shape index (κ3) is 16.7. The summed E-state index contributed by atoms with van der Waals surface area (Å²) in [5, 5.41) is 8.61. The van der Waals surface area contributed by atoms with E-state index in [1.54, 1.807) is 0 Å². The number of rotatable bonds is 22. The van der Waals surface area contributed by atoms with Crippen LogP contribution in [0.2, 0.25) is 0 Å². The molecule has 1 rings (SSSR count). The van der Waals surface area contributed by atoms with Gasteiger partial charge in [0.05, 0.1) is 19.6 Å². The van der Waals surface area contributed by atoms with Crippen molar-refractivity contribution in [1.29, 1.82) is 0 Å². The molecule has 0 fully saturated rings. The molecule has 0 saturated carbocycles. The highest BCUT2D eigenvalue weighted by Crippen LogP contribution is 2.11. The van der Waals surface area contributed by atoms with E-state index in [1.807, 2.05) is 12.4 Å². The van der Waals surface area contributed by atoms with E-state index in [2.05, 4.69) is 28.6 Å². The first kappa shape index (κ1) is 27.4. The molecule has 31 heavy (non-hydrogen) atoms. The lowest BCUT2D eigenvalue weighted by Gasteiger charge is -2.08. The molecular weight excluding hydrogens is 388 g/mol. The summed E-state index contributed by atoms with van der Waals surface area (Å²) in [7, 11) is 0. The van der Waals surface area contributed by atoms with Crippen LogP contribution >= 0.6 is 0 Å². The predicted octanol–water partition coefficient (Wildman–Crippen LogP) is 6.95. The minimum absolute atomic E-state index is 0.0618. The number of ether oxygens (including phenoxy) is 1. The van der Waals surface area contributed by atoms with Crippen molar-refractivity contribution in [3.05, 3.63) is 30.4 Å². The van der Waals surface area contributed by atoms with Crippen LogP contribution in [0.25, 0.3) is 0 Å². The summed E-state index contributed by atoms with van der Waals surface area (Å²) < 4.78 is 7.50. The molecule has 0 aliphatic rings. The van der Waals surface area contributed by atoms with Gasteiger partial charge in [0.2, 0.25) is 0 Å². The van der Waals surface area contributed by atoms with Crippen molar-refractivity contribution < 1.29 is 14.6 Å². The van der Waals surface area contributed by atoms with Crippen LogP contribution in [0.15, 0.2) is 24.5 Å². The largest absolute Gasteiger partial charge is 0.481 e. The molecule has 1 aromatic rings. The van der Waals surface area contributed by atoms with Gasteiger partial charge in [-0.25, -0.2) is 4.98 Å². The summed E-state index contributed by atoms with van der Waals surface area (Å²) in [6.07, 6.45) is 28.2. The number of aryl methyl sites for hydroxylation is 1. The Bertz CT molecular complexity index is 569. The van der Waals surface area contributed by atoms with Gasteiger partial charge in [-0.1, -0.05) is 76.9 Å². The number of aliphatic carboxylic acids is 1. The van der Waals surface area contributed by atoms with Crippen LogP contribution in [0.4, 0.5) is 0 Å². The molecular formula is C26H46N2O3. The van der Waals surface area contributed by atoms with Gasteiger partial charge >= 0.3 is 5.97 Å². The number of hydrogen-bond donors (Lipinski definition) is 1. The van der Waals surface area contributed by atoms with Crippen molar-refractivity contribution in [3.63, 3.8) is 0 Å². The van der Waals surface area contributed by atoms with Crippen LogP contribution in [0, 0.1) is 0 Å². The smallest absolute Gasteiger partial charge is 0.305 e. The Morgan fingerprint density at radius 2 is 1.55 bits per heavy atom. The van der Waals surface area contributed by atoms with Crippen molar-refractivity contribution in [3.8, 4) is 0 Å². The molecule has 0 aliphatic carbocycles. The number of nitrogens with zero attached hydrogens (tertiary/aromatic N) is 2. The fourth-order valence-electron chi connectivity index (χ4n) is 3.73. The van der Waals surface area contributed by atoms with E-state index < -0.39 is 5.97 Å². The van der Waals surface area contributed by atoms with Gasteiger partial charge in [-0.2, -0.15) is 0 Å². The van der Waals surface area contributed by atoms with Crippen LogP contribution in [-0.2, 0) is 22.5 Å². The number of aromatic nitrogens is 2. The van der Waals surface area contributed by atoms with Crippen LogP contribution < -0.4 is 0 Å². The lowest BCUT2D eigenvalue weighted by atomic mass is 10.1. The van der Waals surface area contributed by atoms with Crippen LogP contribution in [0.3, 0.4) is 0 Å². The molecule has 5 heteroatoms. The number of allylic oxidation sites excluding steroid dienone is 2. The fourth-order valence-corrected chi connectivity index (χ4v) is 3.73. The average molecular weight is 435 g/mol. The van der Waals surface area contributed by atoms with Crippen LogP contribution in [0.1, 0.15) is 109 Å². The first-order valence-corrected chi connectivity index (χ1v) is 12.7. The number of carbonyl (C=O) groups is 1. The molecule has 0 atom stereocenters. The fraction of sp³-hybridized carbons (Fsp3) is 0.769. The zero-order chi connectivity index (χ0) is 22.4. The zero-order valence-electron chi connectivity index (χ0n) is 19.9. The topological polar surface area (TPSA) is 64.4 Å². The Morgan fingerprint density at radius 1 is 0.935 bits per heavy atom. The van der Waals surface area contributed by atoms with E-state index in [9.17, 15) is 4.79 Å². The lowest BCUT2D eigenvalue weighted by molar-refractivity contribution is -0.138. The van der Waals surface area contributed by atoms with Crippen LogP contribution in [-0.4, -0.2) is 33.8 Å². The van der Waals surface area contributed by atoms with E-state index in [4.69, 9.17) is 9.84 Å². The first-order chi connectivity index (χ1) is 15.2. The quantitative estimate of drug-likeness (QED) is 0.158. The number of hydrogen-bond acceptors (Lipinski definition) is 3. The second-order valence-electron chi connectivity index (χ2n) is 8.48. The van der Waals surface area contributed by atoms with Gasteiger partial charge in [0.1, 0.15) is 5.82 Å². The molecule has 0 amide bonds. The molecule has 1 N–H and O–H groups in total. The summed E-state index contributed by atoms with van der Waals surface area (Å²) in [6, 6.07) is 0. The van der Waals surface area contributed by atoms with E-state index in [0.29, 0.717) is 6.61 Å². The van der Waals surface area contributed by atoms with E-state index >= 15 is 0 Å². The molecule has 1 aromatic heterocycles. The van der Waals surface area contributed by atoms with Crippen molar-refractivity contribution in [2.24, 2.45) is 0 Å². The van der Waals surface area contributed by atoms with E-state index in [0.717, 1.165) is 18.8 Å².